The smallest absolute Gasteiger partial charge is 0.0678 e. The fraction of sp³-hybridized carbons (Fsp3) is 1.00. The first-order valence-corrected chi connectivity index (χ1v) is 7.23. The molecule has 0 bridgehead atoms. The van der Waals surface area contributed by atoms with Gasteiger partial charge in [-0.25, -0.2) is 0 Å². The first kappa shape index (κ1) is 15.0. The maximum Gasteiger partial charge on any atom is 0.0678 e. The predicted octanol–water partition coefficient (Wildman–Crippen LogP) is 3.70. The molecule has 3 atom stereocenters. The molecule has 1 heterocycles. The summed E-state index contributed by atoms with van der Waals surface area (Å²) >= 11 is 0. The van der Waals surface area contributed by atoms with Crippen molar-refractivity contribution < 1.29 is 4.74 Å². The maximum atomic E-state index is 5.79. The second kappa shape index (κ2) is 6.19. The van der Waals surface area contributed by atoms with E-state index in [9.17, 15) is 0 Å². The standard InChI is InChI=1S/C15H31NO/c1-7-15(5,6)9-8-12(2)16-10-13(3)17-14(4)11-16/h12-14H,7-11H2,1-6H3. The van der Waals surface area contributed by atoms with E-state index in [4.69, 9.17) is 4.74 Å². The Morgan fingerprint density at radius 2 is 1.76 bits per heavy atom. The highest BCUT2D eigenvalue weighted by Gasteiger charge is 2.26. The van der Waals surface area contributed by atoms with Crippen molar-refractivity contribution in [1.82, 2.24) is 4.90 Å². The molecule has 0 radical (unpaired) electrons. The van der Waals surface area contributed by atoms with Crippen LogP contribution in [0.4, 0.5) is 0 Å². The van der Waals surface area contributed by atoms with E-state index < -0.39 is 0 Å². The van der Waals surface area contributed by atoms with E-state index in [1.165, 1.54) is 19.3 Å². The second-order valence-electron chi connectivity index (χ2n) is 6.62. The Hall–Kier alpha value is -0.0800. The molecule has 102 valence electrons. The largest absolute Gasteiger partial charge is 0.373 e. The molecule has 0 spiro atoms. The fourth-order valence-electron chi connectivity index (χ4n) is 2.54. The highest BCUT2D eigenvalue weighted by molar-refractivity contribution is 4.79. The topological polar surface area (TPSA) is 12.5 Å². The van der Waals surface area contributed by atoms with Gasteiger partial charge in [-0.2, -0.15) is 0 Å². The minimum Gasteiger partial charge on any atom is -0.373 e. The molecule has 0 aromatic heterocycles. The van der Waals surface area contributed by atoms with Crippen LogP contribution in [0.25, 0.3) is 0 Å². The summed E-state index contributed by atoms with van der Waals surface area (Å²) in [6.07, 6.45) is 4.68. The third-order valence-electron chi connectivity index (χ3n) is 4.27. The zero-order valence-corrected chi connectivity index (χ0v) is 12.6. The zero-order chi connectivity index (χ0) is 13.1. The first-order chi connectivity index (χ1) is 7.84. The van der Waals surface area contributed by atoms with E-state index in [-0.39, 0.29) is 0 Å². The van der Waals surface area contributed by atoms with Gasteiger partial charge < -0.3 is 4.74 Å². The molecule has 2 heteroatoms. The van der Waals surface area contributed by atoms with Crippen molar-refractivity contribution in [2.24, 2.45) is 5.41 Å². The van der Waals surface area contributed by atoms with Gasteiger partial charge in [0, 0.05) is 19.1 Å². The van der Waals surface area contributed by atoms with Crippen LogP contribution in [-0.4, -0.2) is 36.2 Å². The van der Waals surface area contributed by atoms with Crippen molar-refractivity contribution in [2.45, 2.75) is 79.1 Å². The van der Waals surface area contributed by atoms with Gasteiger partial charge in [-0.1, -0.05) is 27.2 Å². The lowest BCUT2D eigenvalue weighted by atomic mass is 9.84. The Labute approximate surface area is 108 Å². The molecule has 1 fully saturated rings. The summed E-state index contributed by atoms with van der Waals surface area (Å²) in [5, 5.41) is 0. The van der Waals surface area contributed by atoms with Crippen molar-refractivity contribution >= 4 is 0 Å². The number of rotatable bonds is 5. The Kier molecular flexibility index (Phi) is 5.46. The number of morpholine rings is 1. The molecule has 3 unspecified atom stereocenters. The van der Waals surface area contributed by atoms with Crippen LogP contribution in [0.2, 0.25) is 0 Å². The fourth-order valence-corrected chi connectivity index (χ4v) is 2.54. The highest BCUT2D eigenvalue weighted by Crippen LogP contribution is 2.28. The molecule has 1 saturated heterocycles. The van der Waals surface area contributed by atoms with Gasteiger partial charge in [-0.3, -0.25) is 4.90 Å². The van der Waals surface area contributed by atoms with Gasteiger partial charge in [0.2, 0.25) is 0 Å². The molecule has 0 aliphatic carbocycles. The molecule has 1 rings (SSSR count). The molecule has 0 saturated carbocycles. The third kappa shape index (κ3) is 4.97. The Balaban J connectivity index is 2.39. The predicted molar refractivity (Wildman–Crippen MR) is 74.4 cm³/mol. The number of hydrogen-bond acceptors (Lipinski definition) is 2. The van der Waals surface area contributed by atoms with Gasteiger partial charge in [-0.05, 0) is 39.0 Å². The van der Waals surface area contributed by atoms with Crippen LogP contribution in [0, 0.1) is 5.41 Å². The number of nitrogens with zero attached hydrogens (tertiary/aromatic N) is 1. The van der Waals surface area contributed by atoms with Crippen molar-refractivity contribution in [2.75, 3.05) is 13.1 Å². The van der Waals surface area contributed by atoms with E-state index >= 15 is 0 Å². The Morgan fingerprint density at radius 1 is 1.24 bits per heavy atom. The van der Waals surface area contributed by atoms with Crippen LogP contribution in [0.5, 0.6) is 0 Å². The minimum absolute atomic E-state index is 0.389. The maximum absolute atomic E-state index is 5.79. The van der Waals surface area contributed by atoms with Crippen LogP contribution in [0.15, 0.2) is 0 Å². The molecule has 2 nitrogen and oxygen atoms in total. The van der Waals surface area contributed by atoms with Gasteiger partial charge in [0.25, 0.3) is 0 Å². The summed E-state index contributed by atoms with van der Waals surface area (Å²) in [6.45, 7) is 16.0. The van der Waals surface area contributed by atoms with Crippen molar-refractivity contribution in [3.8, 4) is 0 Å². The number of hydrogen-bond donors (Lipinski definition) is 0. The van der Waals surface area contributed by atoms with E-state index in [1.807, 2.05) is 0 Å². The van der Waals surface area contributed by atoms with E-state index in [0.29, 0.717) is 23.7 Å². The molecule has 0 amide bonds. The van der Waals surface area contributed by atoms with Gasteiger partial charge >= 0.3 is 0 Å². The summed E-state index contributed by atoms with van der Waals surface area (Å²) in [5.41, 5.74) is 0.498. The highest BCUT2D eigenvalue weighted by atomic mass is 16.5. The van der Waals surface area contributed by atoms with Crippen LogP contribution in [0.3, 0.4) is 0 Å². The van der Waals surface area contributed by atoms with Crippen LogP contribution < -0.4 is 0 Å². The van der Waals surface area contributed by atoms with Crippen LogP contribution >= 0.6 is 0 Å². The minimum atomic E-state index is 0.389. The summed E-state index contributed by atoms with van der Waals surface area (Å²) in [6, 6.07) is 0.689. The molecule has 0 aromatic rings. The molecule has 17 heavy (non-hydrogen) atoms. The lowest BCUT2D eigenvalue weighted by Gasteiger charge is -2.39. The molecule has 0 N–H and O–H groups in total. The Bertz CT molecular complexity index is 217. The summed E-state index contributed by atoms with van der Waals surface area (Å²) in [4.78, 5) is 2.60. The van der Waals surface area contributed by atoms with Crippen molar-refractivity contribution in [3.63, 3.8) is 0 Å². The summed E-state index contributed by atoms with van der Waals surface area (Å²) in [7, 11) is 0. The lowest BCUT2D eigenvalue weighted by Crippen LogP contribution is -2.49. The average molecular weight is 241 g/mol. The van der Waals surface area contributed by atoms with Gasteiger partial charge in [0.05, 0.1) is 12.2 Å². The molecule has 0 aromatic carbocycles. The average Bonchev–Trinajstić information content (AvgIpc) is 2.24. The monoisotopic (exact) mass is 241 g/mol. The number of ether oxygens (including phenoxy) is 1. The van der Waals surface area contributed by atoms with E-state index in [2.05, 4.69) is 46.4 Å². The third-order valence-corrected chi connectivity index (χ3v) is 4.27. The van der Waals surface area contributed by atoms with Gasteiger partial charge in [0.1, 0.15) is 0 Å². The van der Waals surface area contributed by atoms with E-state index in [0.717, 1.165) is 13.1 Å². The van der Waals surface area contributed by atoms with Gasteiger partial charge in [0.15, 0.2) is 0 Å². The first-order valence-electron chi connectivity index (χ1n) is 7.23. The second-order valence-corrected chi connectivity index (χ2v) is 6.62. The Morgan fingerprint density at radius 3 is 2.24 bits per heavy atom. The normalized spacial score (nSPS) is 29.3. The molecule has 1 aliphatic rings. The summed E-state index contributed by atoms with van der Waals surface area (Å²) < 4.78 is 5.79. The van der Waals surface area contributed by atoms with Crippen molar-refractivity contribution in [1.29, 1.82) is 0 Å². The van der Waals surface area contributed by atoms with Gasteiger partial charge in [-0.15, -0.1) is 0 Å². The van der Waals surface area contributed by atoms with Crippen molar-refractivity contribution in [3.05, 3.63) is 0 Å². The molecular weight excluding hydrogens is 210 g/mol. The SMILES string of the molecule is CCC(C)(C)CCC(C)N1CC(C)OC(C)C1. The summed E-state index contributed by atoms with van der Waals surface area (Å²) in [5.74, 6) is 0. The van der Waals surface area contributed by atoms with Crippen LogP contribution in [-0.2, 0) is 4.74 Å². The molecular formula is C15H31NO. The molecule has 1 aliphatic heterocycles. The zero-order valence-electron chi connectivity index (χ0n) is 12.6. The van der Waals surface area contributed by atoms with Crippen LogP contribution in [0.1, 0.15) is 60.8 Å². The van der Waals surface area contributed by atoms with E-state index in [1.54, 1.807) is 0 Å². The quantitative estimate of drug-likeness (QED) is 0.727. The lowest BCUT2D eigenvalue weighted by molar-refractivity contribution is -0.0799.